The van der Waals surface area contributed by atoms with Crippen molar-refractivity contribution in [1.29, 1.82) is 0 Å². The number of aliphatic hydroxyl groups excluding tert-OH is 2. The molecule has 6 aliphatic rings. The lowest BCUT2D eigenvalue weighted by Gasteiger charge is -2.23. The van der Waals surface area contributed by atoms with Crippen molar-refractivity contribution in [3.63, 3.8) is 0 Å². The molecule has 8 heterocycles. The third-order valence-corrected chi connectivity index (χ3v) is 29.6. The van der Waals surface area contributed by atoms with Crippen molar-refractivity contribution in [2.75, 3.05) is 89.5 Å². The maximum absolute atomic E-state index is 14.1. The number of alkyl carbamates (subject to hydrolysis) is 2. The Kier molecular flexibility index (Phi) is 32.3. The number of benzene rings is 6. The standard InChI is InChI=1S/2C38H42N10O21P2S2/c1-47(35(52)18-6-3-2-5-17(18)25-19-8-10-21(39)31(72(59,60)61)28(19)67-29-20(25)9-11-22(40)32(29)73(62,63)64)14-4-7-24(49)42-12-13-43-38(53)68-30-23(15-65-71(57,58)69-70(54,55)56)66-36(27(30)50)48-16-44-26-33(48)45-37(41)46-34(26)51;1-47(35(52)18-6-3-2-5-17(18)25-19-8-10-21(39)31(72(59,60)61)28(19)67-29-20(25)9-11-22(40)32(29)73(62,63)64)14-4-7-24(49)42-12-13-43-38(53)68-30-27(50)23(15-65-71(57,58)69-70(54,55)56)66-36(30)48-16-44-26-33(48)45-37(41)46-34(26)51/h2*2-3,5-6,8-11,16,23,27,30,36,39,50H,4,7,12-15,40H2,1H3,(H,42,49)(H,43,53)(H,57,58)(H2,54,55,56)(H,59,60,61)(H,62,63,64)(H3,41,45,46,51)/t2*23-,27-,30-,36-/m11/s1. The van der Waals surface area contributed by atoms with Crippen LogP contribution in [0.3, 0.4) is 0 Å². The number of aliphatic hydroxyl groups is 2. The van der Waals surface area contributed by atoms with Crippen LogP contribution in [0.15, 0.2) is 148 Å². The molecule has 2 unspecified atom stereocenters. The Hall–Kier alpha value is -13.4. The Morgan fingerprint density at radius 1 is 0.507 bits per heavy atom. The summed E-state index contributed by atoms with van der Waals surface area (Å²) < 4.78 is 245. The molecule has 8 aromatic rings. The lowest BCUT2D eigenvalue weighted by atomic mass is 9.90. The van der Waals surface area contributed by atoms with Crippen LogP contribution in [0.2, 0.25) is 0 Å². The summed E-state index contributed by atoms with van der Waals surface area (Å²) in [7, 11) is -40.3. The number of imidazole rings is 2. The van der Waals surface area contributed by atoms with Gasteiger partial charge in [-0.3, -0.25) is 76.8 Å². The number of aromatic nitrogens is 8. The zero-order valence-corrected chi connectivity index (χ0v) is 81.3. The van der Waals surface area contributed by atoms with E-state index in [0.717, 1.165) is 46.1 Å². The van der Waals surface area contributed by atoms with E-state index in [4.69, 9.17) is 81.1 Å². The van der Waals surface area contributed by atoms with Crippen LogP contribution in [0.4, 0.5) is 32.9 Å². The van der Waals surface area contributed by atoms with Gasteiger partial charge in [0.25, 0.3) is 22.9 Å². The number of carbonyl (C=O) groups excluding carboxylic acids is 6. The fourth-order valence-corrected chi connectivity index (χ4v) is 21.7. The van der Waals surface area contributed by atoms with Crippen LogP contribution in [0, 0.1) is 0 Å². The first-order valence-corrected chi connectivity index (χ1v) is 53.3. The number of nitrogen functional groups attached to an aromatic ring is 4. The second-order valence-electron chi connectivity index (χ2n) is 31.6. The predicted octanol–water partition coefficient (Wildman–Crippen LogP) is -4.28. The highest BCUT2D eigenvalue weighted by Gasteiger charge is 2.52. The van der Waals surface area contributed by atoms with Crippen LogP contribution < -0.4 is 76.9 Å². The van der Waals surface area contributed by atoms with E-state index in [9.17, 15) is 128 Å². The minimum atomic E-state index is -5.55. The number of carbonyl (C=O) groups is 6. The van der Waals surface area contributed by atoms with E-state index in [1.807, 2.05) is 0 Å². The van der Waals surface area contributed by atoms with Crippen LogP contribution in [0.1, 0.15) is 58.9 Å². The second kappa shape index (κ2) is 42.9. The van der Waals surface area contributed by atoms with Gasteiger partial charge >= 0.3 is 63.7 Å². The van der Waals surface area contributed by atoms with Crippen LogP contribution in [0.25, 0.3) is 89.2 Å². The molecule has 14 rings (SSSR count). The third-order valence-electron chi connectivity index (χ3n) is 21.6. The molecule has 0 bridgehead atoms. The molecular weight excluding hydrogens is 2120 g/mol. The number of anilines is 4. The van der Waals surface area contributed by atoms with Crippen LogP contribution in [-0.2, 0) is 105 Å². The molecule has 70 heteroatoms. The number of rotatable bonds is 36. The Bertz CT molecular complexity index is 8140. The third kappa shape index (κ3) is 24.9. The van der Waals surface area contributed by atoms with Crippen molar-refractivity contribution in [1.82, 2.24) is 70.1 Å². The van der Waals surface area contributed by atoms with Crippen LogP contribution in [-0.4, -0.2) is 279 Å². The molecule has 28 N–H and O–H groups in total. The number of nitrogens with one attached hydrogen (secondary N) is 6. The minimum absolute atomic E-state index is 0.000918. The molecule has 62 nitrogen and oxygen atoms in total. The number of hydrogen-bond acceptors (Lipinski definition) is 42. The summed E-state index contributed by atoms with van der Waals surface area (Å²) >= 11 is 0. The molecule has 784 valence electrons. The van der Waals surface area contributed by atoms with Gasteiger partial charge in [-0.05, 0) is 72.5 Å². The highest BCUT2D eigenvalue weighted by molar-refractivity contribution is 7.87. The van der Waals surface area contributed by atoms with Gasteiger partial charge in [0.1, 0.15) is 54.4 Å². The van der Waals surface area contributed by atoms with Crippen LogP contribution in [0.5, 0.6) is 0 Å². The topological polar surface area (TPSA) is 993 Å². The number of hydrogen-bond donors (Lipinski definition) is 22. The number of phosphoric ester groups is 2. The van der Waals surface area contributed by atoms with E-state index < -0.39 is 245 Å². The van der Waals surface area contributed by atoms with Gasteiger partial charge in [0.05, 0.1) is 37.2 Å². The Balaban J connectivity index is 0.000000244. The lowest BCUT2D eigenvalue weighted by molar-refractivity contribution is -0.177. The molecule has 2 saturated heterocycles. The summed E-state index contributed by atoms with van der Waals surface area (Å²) in [6.07, 6.45) is -14.2. The van der Waals surface area contributed by atoms with Gasteiger partial charge in [0.2, 0.25) is 44.2 Å². The van der Waals surface area contributed by atoms with Crippen molar-refractivity contribution in [3.05, 3.63) is 152 Å². The van der Waals surface area contributed by atoms with Crippen molar-refractivity contribution < 1.29 is 195 Å². The maximum atomic E-state index is 14.1. The average Bonchev–Trinajstić information content (AvgIpc) is 0.901. The van der Waals surface area contributed by atoms with Gasteiger partial charge in [0, 0.05) is 122 Å². The van der Waals surface area contributed by atoms with Crippen molar-refractivity contribution in [3.8, 4) is 44.9 Å². The number of nitrogens with two attached hydrogens (primary N) is 6. The molecule has 10 atom stereocenters. The zero-order valence-electron chi connectivity index (χ0n) is 74.5. The molecule has 2 aliphatic carbocycles. The molecule has 4 aliphatic heterocycles. The Labute approximate surface area is 816 Å². The largest absolute Gasteiger partial charge is 0.744 e. The first-order chi connectivity index (χ1) is 68.1. The number of phosphoric acid groups is 4. The van der Waals surface area contributed by atoms with Gasteiger partial charge in [-0.15, -0.1) is 0 Å². The lowest BCUT2D eigenvalue weighted by Crippen LogP contribution is -2.47. The molecule has 0 saturated carbocycles. The summed E-state index contributed by atoms with van der Waals surface area (Å²) in [5.41, 5.74) is 18.2. The van der Waals surface area contributed by atoms with Gasteiger partial charge in [0.15, 0.2) is 69.7 Å². The first-order valence-electron chi connectivity index (χ1n) is 41.5. The normalized spacial score (nSPS) is 18.2. The molecule has 0 radical (unpaired) electrons. The average molecular weight is 2200 g/mol. The fraction of sp³-hybridized carbons (Fsp3) is 0.289. The molecule has 4 aromatic heterocycles. The number of aromatic amines is 2. The Morgan fingerprint density at radius 3 is 1.28 bits per heavy atom. The van der Waals surface area contributed by atoms with Crippen LogP contribution >= 0.6 is 31.3 Å². The maximum Gasteiger partial charge on any atom is 0.481 e. The van der Waals surface area contributed by atoms with E-state index in [2.05, 4.69) is 68.8 Å². The molecule has 6 amide bonds. The Morgan fingerprint density at radius 2 is 0.884 bits per heavy atom. The number of H-pyrrole nitrogens is 2. The highest BCUT2D eigenvalue weighted by atomic mass is 32.2. The number of nitrogens with zero attached hydrogens (tertiary/aromatic N) is 8. The summed E-state index contributed by atoms with van der Waals surface area (Å²) in [4.78, 5) is 179. The zero-order chi connectivity index (χ0) is 107. The minimum Gasteiger partial charge on any atom is -0.744 e. The monoisotopic (exact) mass is 2200 g/mol. The smallest absolute Gasteiger partial charge is 0.481 e. The summed E-state index contributed by atoms with van der Waals surface area (Å²) in [6.45, 7) is -3.11. The van der Waals surface area contributed by atoms with Gasteiger partial charge < -0.3 is 130 Å². The first kappa shape index (κ1) is 110. The highest BCUT2D eigenvalue weighted by Crippen LogP contribution is 2.60. The van der Waals surface area contributed by atoms with Crippen molar-refractivity contribution >= 4 is 175 Å². The fourth-order valence-electron chi connectivity index (χ4n) is 15.6. The van der Waals surface area contributed by atoms with Crippen molar-refractivity contribution in [2.45, 2.75) is 94.3 Å². The molecule has 4 aromatic carbocycles. The number of ether oxygens (including phenoxy) is 4. The van der Waals surface area contributed by atoms with E-state index in [-0.39, 0.29) is 154 Å². The summed E-state index contributed by atoms with van der Waals surface area (Å²) in [6, 6.07) is 21.5. The number of amides is 6. The molecule has 2 fully saturated rings. The summed E-state index contributed by atoms with van der Waals surface area (Å²) in [5.74, 6) is -4.34. The van der Waals surface area contributed by atoms with E-state index in [1.165, 1.54) is 96.7 Å². The molecular formula is C76H84N20O42P4S4. The van der Waals surface area contributed by atoms with Gasteiger partial charge in [-0.1, -0.05) is 36.4 Å². The van der Waals surface area contributed by atoms with Crippen molar-refractivity contribution in [2.24, 2.45) is 0 Å². The van der Waals surface area contributed by atoms with E-state index in [1.54, 1.807) is 0 Å². The number of fused-ring (bicyclic) bond motifs is 6. The quantitative estimate of drug-likeness (QED) is 0.00581. The molecule has 146 heavy (non-hydrogen) atoms. The molecule has 0 spiro atoms. The van der Waals surface area contributed by atoms with Gasteiger partial charge in [-0.2, -0.15) is 35.4 Å². The second-order valence-corrected chi connectivity index (χ2v) is 42.6. The summed E-state index contributed by atoms with van der Waals surface area (Å²) in [5, 5.41) is 42.7. The van der Waals surface area contributed by atoms with Gasteiger partial charge in [-0.25, -0.2) is 54.7 Å². The van der Waals surface area contributed by atoms with E-state index >= 15 is 0 Å². The SMILES string of the molecule is CN(CCCC(=O)NCCNC(=O)O[C@@H]1[C@H](O)[C@@H](COP(=O)(O)OP(=O)(O)O)O[C@H]1n1cnc2c(=O)[nH]c(N)nc21)C(=O)c1ccccc1-c1c2ccc(=[NH2+])c(S(=O)(=O)O)c-2oc2c(S(=O)(=O)[O-])c(N)ccc12.CN(CCCC(=O)NCCNC(=O)O[C@H]1[C@@H](O)[C@H](n2cnc3c(=O)[nH]c(N)nc32)O[C@@H]1COP(=O)(O)OP(=O)(O)O)C(=O)c1ccccc1-c1c2ccc(=[NH2+])c(S(=O)(=O)O)c-2oc2c(S(=O)(=O)[O-])c(N)ccc12. The van der Waals surface area contributed by atoms with E-state index in [0.29, 0.717) is 0 Å². The predicted molar refractivity (Wildman–Crippen MR) is 489 cm³/mol.